The molecule has 1 atom stereocenters. The molecule has 1 saturated heterocycles. The van der Waals surface area contributed by atoms with Gasteiger partial charge in [-0.1, -0.05) is 19.9 Å². The van der Waals surface area contributed by atoms with Crippen molar-refractivity contribution >= 4 is 0 Å². The zero-order chi connectivity index (χ0) is 15.0. The number of alkyl halides is 3. The maximum atomic E-state index is 13.8. The van der Waals surface area contributed by atoms with Gasteiger partial charge in [0, 0.05) is 5.54 Å². The molecule has 0 radical (unpaired) electrons. The van der Waals surface area contributed by atoms with Gasteiger partial charge in [-0.3, -0.25) is 0 Å². The fourth-order valence-electron chi connectivity index (χ4n) is 3.08. The topological polar surface area (TPSA) is 12.0 Å². The van der Waals surface area contributed by atoms with Crippen LogP contribution in [0.4, 0.5) is 17.6 Å². The molecular formula is C15H19F4N. The molecule has 0 bridgehead atoms. The summed E-state index contributed by atoms with van der Waals surface area (Å²) in [6, 6.07) is 3.31. The molecule has 1 aliphatic rings. The van der Waals surface area contributed by atoms with Gasteiger partial charge in [-0.05, 0) is 49.4 Å². The summed E-state index contributed by atoms with van der Waals surface area (Å²) in [5.74, 6) is -0.808. The quantitative estimate of drug-likeness (QED) is 0.810. The Balaban J connectivity index is 2.38. The first-order valence-electron chi connectivity index (χ1n) is 6.87. The van der Waals surface area contributed by atoms with Crippen LogP contribution in [0.3, 0.4) is 0 Å². The van der Waals surface area contributed by atoms with E-state index in [0.29, 0.717) is 11.5 Å². The largest absolute Gasteiger partial charge is 0.419 e. The number of nitrogens with one attached hydrogen (secondary N) is 1. The number of rotatable bonds is 3. The summed E-state index contributed by atoms with van der Waals surface area (Å²) in [6.07, 6.45) is -2.07. The number of halogens is 4. The molecule has 0 aromatic heterocycles. The smallest absolute Gasteiger partial charge is 0.307 e. The van der Waals surface area contributed by atoms with Gasteiger partial charge >= 0.3 is 6.18 Å². The minimum Gasteiger partial charge on any atom is -0.307 e. The predicted molar refractivity (Wildman–Crippen MR) is 69.8 cm³/mol. The van der Waals surface area contributed by atoms with Gasteiger partial charge in [-0.15, -0.1) is 0 Å². The fraction of sp³-hybridized carbons (Fsp3) is 0.600. The van der Waals surface area contributed by atoms with E-state index in [2.05, 4.69) is 19.2 Å². The van der Waals surface area contributed by atoms with Crippen molar-refractivity contribution in [2.75, 3.05) is 6.54 Å². The van der Waals surface area contributed by atoms with E-state index in [-0.39, 0.29) is 5.54 Å². The molecule has 20 heavy (non-hydrogen) atoms. The van der Waals surface area contributed by atoms with Crippen molar-refractivity contribution in [3.05, 3.63) is 35.1 Å². The normalized spacial score (nSPS) is 23.6. The summed E-state index contributed by atoms with van der Waals surface area (Å²) < 4.78 is 51.6. The van der Waals surface area contributed by atoms with E-state index in [4.69, 9.17) is 0 Å². The highest BCUT2D eigenvalue weighted by Crippen LogP contribution is 2.39. The highest BCUT2D eigenvalue weighted by molar-refractivity contribution is 5.32. The van der Waals surface area contributed by atoms with Crippen molar-refractivity contribution in [2.24, 2.45) is 5.92 Å². The molecule has 1 N–H and O–H groups in total. The van der Waals surface area contributed by atoms with Crippen LogP contribution in [0, 0.1) is 11.7 Å². The summed E-state index contributed by atoms with van der Waals surface area (Å²) in [5, 5.41) is 3.36. The van der Waals surface area contributed by atoms with Crippen LogP contribution in [0.2, 0.25) is 0 Å². The van der Waals surface area contributed by atoms with Gasteiger partial charge in [0.2, 0.25) is 0 Å². The van der Waals surface area contributed by atoms with Gasteiger partial charge in [-0.25, -0.2) is 4.39 Å². The molecule has 0 spiro atoms. The van der Waals surface area contributed by atoms with Crippen LogP contribution in [0.5, 0.6) is 0 Å². The van der Waals surface area contributed by atoms with Gasteiger partial charge in [0.1, 0.15) is 5.82 Å². The zero-order valence-electron chi connectivity index (χ0n) is 11.6. The van der Waals surface area contributed by atoms with Gasteiger partial charge in [0.15, 0.2) is 0 Å². The van der Waals surface area contributed by atoms with E-state index in [1.807, 2.05) is 0 Å². The van der Waals surface area contributed by atoms with Crippen LogP contribution in [0.15, 0.2) is 18.2 Å². The van der Waals surface area contributed by atoms with E-state index in [9.17, 15) is 17.6 Å². The van der Waals surface area contributed by atoms with Crippen LogP contribution >= 0.6 is 0 Å². The average molecular weight is 289 g/mol. The van der Waals surface area contributed by atoms with Crippen molar-refractivity contribution in [3.8, 4) is 0 Å². The zero-order valence-corrected chi connectivity index (χ0v) is 11.6. The molecule has 0 aliphatic carbocycles. The lowest BCUT2D eigenvalue weighted by Crippen LogP contribution is -2.38. The van der Waals surface area contributed by atoms with Crippen molar-refractivity contribution in [3.63, 3.8) is 0 Å². The maximum Gasteiger partial charge on any atom is 0.419 e. The van der Waals surface area contributed by atoms with Crippen molar-refractivity contribution in [1.82, 2.24) is 5.32 Å². The highest BCUT2D eigenvalue weighted by atomic mass is 19.4. The number of hydrogen-bond acceptors (Lipinski definition) is 1. The molecule has 0 saturated carbocycles. The summed E-state index contributed by atoms with van der Waals surface area (Å²) >= 11 is 0. The Kier molecular flexibility index (Phi) is 4.09. The fourth-order valence-corrected chi connectivity index (χ4v) is 3.08. The molecule has 112 valence electrons. The Hall–Kier alpha value is -1.10. The Bertz CT molecular complexity index is 473. The van der Waals surface area contributed by atoms with Crippen LogP contribution in [-0.4, -0.2) is 6.54 Å². The summed E-state index contributed by atoms with van der Waals surface area (Å²) in [4.78, 5) is 0. The predicted octanol–water partition coefficient (Wildman–Crippen LogP) is 4.47. The monoisotopic (exact) mass is 289 g/mol. The van der Waals surface area contributed by atoms with E-state index in [1.54, 1.807) is 0 Å². The number of benzene rings is 1. The Morgan fingerprint density at radius 1 is 1.30 bits per heavy atom. The molecule has 1 aromatic rings. The Morgan fingerprint density at radius 2 is 2.00 bits per heavy atom. The third kappa shape index (κ3) is 2.97. The van der Waals surface area contributed by atoms with Gasteiger partial charge in [-0.2, -0.15) is 13.2 Å². The van der Waals surface area contributed by atoms with E-state index in [0.717, 1.165) is 37.9 Å². The highest BCUT2D eigenvalue weighted by Gasteiger charge is 2.38. The summed E-state index contributed by atoms with van der Waals surface area (Å²) in [5.41, 5.74) is -0.966. The minimum absolute atomic E-state index is 0.381. The third-order valence-electron chi connectivity index (χ3n) is 3.83. The van der Waals surface area contributed by atoms with Gasteiger partial charge in [0.05, 0.1) is 5.56 Å². The average Bonchev–Trinajstić information content (AvgIpc) is 2.76. The van der Waals surface area contributed by atoms with E-state index in [1.165, 1.54) is 6.07 Å². The minimum atomic E-state index is -4.64. The third-order valence-corrected chi connectivity index (χ3v) is 3.83. The second-order valence-corrected chi connectivity index (χ2v) is 5.90. The first kappa shape index (κ1) is 15.3. The van der Waals surface area contributed by atoms with Crippen molar-refractivity contribution in [2.45, 2.75) is 44.8 Å². The second-order valence-electron chi connectivity index (χ2n) is 5.90. The SMILES string of the molecule is CC(C)CC1(c2ccc(C(F)(F)F)c(F)c2)CCCN1. The van der Waals surface area contributed by atoms with Crippen LogP contribution in [0.25, 0.3) is 0 Å². The summed E-state index contributed by atoms with van der Waals surface area (Å²) in [6.45, 7) is 4.93. The molecule has 2 rings (SSSR count). The van der Waals surface area contributed by atoms with Crippen LogP contribution in [0.1, 0.15) is 44.2 Å². The lowest BCUT2D eigenvalue weighted by molar-refractivity contribution is -0.140. The van der Waals surface area contributed by atoms with Gasteiger partial charge in [0.25, 0.3) is 0 Å². The maximum absolute atomic E-state index is 13.8. The lowest BCUT2D eigenvalue weighted by atomic mass is 9.81. The lowest BCUT2D eigenvalue weighted by Gasteiger charge is -2.32. The molecule has 1 aliphatic heterocycles. The molecule has 1 aromatic carbocycles. The van der Waals surface area contributed by atoms with E-state index < -0.39 is 17.6 Å². The second kappa shape index (κ2) is 5.35. The molecular weight excluding hydrogens is 270 g/mol. The first-order valence-corrected chi connectivity index (χ1v) is 6.87. The Labute approximate surface area is 116 Å². The molecule has 1 nitrogen and oxygen atoms in total. The molecule has 1 fully saturated rings. The van der Waals surface area contributed by atoms with E-state index >= 15 is 0 Å². The summed E-state index contributed by atoms with van der Waals surface area (Å²) in [7, 11) is 0. The Morgan fingerprint density at radius 3 is 2.45 bits per heavy atom. The molecule has 5 heteroatoms. The van der Waals surface area contributed by atoms with Crippen LogP contribution < -0.4 is 5.32 Å². The van der Waals surface area contributed by atoms with Crippen LogP contribution in [-0.2, 0) is 11.7 Å². The first-order chi connectivity index (χ1) is 9.24. The van der Waals surface area contributed by atoms with Gasteiger partial charge < -0.3 is 5.32 Å². The molecule has 1 heterocycles. The number of hydrogen-bond donors (Lipinski definition) is 1. The molecule has 1 unspecified atom stereocenters. The van der Waals surface area contributed by atoms with Crippen molar-refractivity contribution < 1.29 is 17.6 Å². The van der Waals surface area contributed by atoms with Crippen molar-refractivity contribution in [1.29, 1.82) is 0 Å². The molecule has 0 amide bonds. The standard InChI is InChI=1S/C15H19F4N/c1-10(2)9-14(6-3-7-20-14)11-4-5-12(13(16)8-11)15(17,18)19/h4-5,8,10,20H,3,6-7,9H2,1-2H3.